The minimum Gasteiger partial charge on any atom is -0.484 e. The molecule has 40 heavy (non-hydrogen) atoms. The standard InChI is InChI=1S/C32H31ClN2O4S/c1-23-9-19-29(20-10-23)40(37,38)35(21-24-11-13-26(33)14-12-24)27-15-17-28(18-16-27)39-22-32(36)34-31-8-4-6-25-5-2-3-7-30(25)31/h2-3,5,7,9-20,31H,4,6,8,21-22H2,1H3,(H,34,36)/t31-/m0/s1. The van der Waals surface area contributed by atoms with Gasteiger partial charge in [0.15, 0.2) is 6.61 Å². The average Bonchev–Trinajstić information content (AvgIpc) is 2.96. The van der Waals surface area contributed by atoms with Gasteiger partial charge in [-0.1, -0.05) is 65.7 Å². The quantitative estimate of drug-likeness (QED) is 0.244. The Hall–Kier alpha value is -3.81. The van der Waals surface area contributed by atoms with E-state index < -0.39 is 10.0 Å². The molecule has 1 aliphatic carbocycles. The van der Waals surface area contributed by atoms with Crippen LogP contribution in [0.15, 0.2) is 102 Å². The summed E-state index contributed by atoms with van der Waals surface area (Å²) in [5.41, 5.74) is 4.69. The molecule has 1 N–H and O–H groups in total. The number of halogens is 1. The molecule has 0 aliphatic heterocycles. The van der Waals surface area contributed by atoms with Gasteiger partial charge in [0.25, 0.3) is 15.9 Å². The molecule has 206 valence electrons. The number of anilines is 1. The number of carbonyl (C=O) groups excluding carboxylic acids is 1. The van der Waals surface area contributed by atoms with Crippen molar-refractivity contribution >= 4 is 33.2 Å². The first-order chi connectivity index (χ1) is 19.3. The van der Waals surface area contributed by atoms with E-state index in [0.29, 0.717) is 16.5 Å². The zero-order valence-electron chi connectivity index (χ0n) is 22.2. The van der Waals surface area contributed by atoms with Crippen molar-refractivity contribution in [1.29, 1.82) is 0 Å². The molecule has 8 heteroatoms. The summed E-state index contributed by atoms with van der Waals surface area (Å²) in [5, 5.41) is 3.67. The van der Waals surface area contributed by atoms with E-state index in [-0.39, 0.29) is 30.0 Å². The number of amides is 1. The van der Waals surface area contributed by atoms with E-state index in [4.69, 9.17) is 16.3 Å². The Labute approximate surface area is 240 Å². The third-order valence-corrected chi connectivity index (χ3v) is 9.09. The Morgan fingerprint density at radius 2 is 1.65 bits per heavy atom. The second-order valence-corrected chi connectivity index (χ2v) is 12.2. The highest BCUT2D eigenvalue weighted by molar-refractivity contribution is 7.92. The van der Waals surface area contributed by atoms with E-state index in [1.807, 2.05) is 19.1 Å². The van der Waals surface area contributed by atoms with Crippen molar-refractivity contribution in [2.24, 2.45) is 0 Å². The van der Waals surface area contributed by atoms with Gasteiger partial charge in [-0.3, -0.25) is 9.10 Å². The van der Waals surface area contributed by atoms with Gasteiger partial charge < -0.3 is 10.1 Å². The lowest BCUT2D eigenvalue weighted by atomic mass is 9.88. The molecule has 0 unspecified atom stereocenters. The number of fused-ring (bicyclic) bond motifs is 1. The number of hydrogen-bond donors (Lipinski definition) is 1. The smallest absolute Gasteiger partial charge is 0.264 e. The lowest BCUT2D eigenvalue weighted by Gasteiger charge is -2.26. The molecule has 0 spiro atoms. The lowest BCUT2D eigenvalue weighted by Crippen LogP contribution is -2.34. The van der Waals surface area contributed by atoms with Gasteiger partial charge in [0.2, 0.25) is 0 Å². The Morgan fingerprint density at radius 1 is 0.950 bits per heavy atom. The van der Waals surface area contributed by atoms with Crippen LogP contribution in [0.3, 0.4) is 0 Å². The zero-order valence-corrected chi connectivity index (χ0v) is 23.8. The molecule has 0 saturated carbocycles. The molecule has 0 radical (unpaired) electrons. The monoisotopic (exact) mass is 574 g/mol. The van der Waals surface area contributed by atoms with E-state index in [1.165, 1.54) is 15.4 Å². The minimum absolute atomic E-state index is 0.0168. The second kappa shape index (κ2) is 12.1. The number of ether oxygens (including phenoxy) is 1. The first-order valence-electron chi connectivity index (χ1n) is 13.2. The van der Waals surface area contributed by atoms with Crippen molar-refractivity contribution in [2.75, 3.05) is 10.9 Å². The predicted octanol–water partition coefficient (Wildman–Crippen LogP) is 6.62. The van der Waals surface area contributed by atoms with Gasteiger partial charge in [0.1, 0.15) is 5.75 Å². The highest BCUT2D eigenvalue weighted by Gasteiger charge is 2.26. The summed E-state index contributed by atoms with van der Waals surface area (Å²) >= 11 is 6.04. The minimum atomic E-state index is -3.86. The molecule has 4 aromatic rings. The van der Waals surface area contributed by atoms with Crippen molar-refractivity contribution in [3.05, 3.63) is 124 Å². The van der Waals surface area contributed by atoms with E-state index in [2.05, 4.69) is 17.4 Å². The largest absolute Gasteiger partial charge is 0.484 e. The van der Waals surface area contributed by atoms with E-state index in [9.17, 15) is 13.2 Å². The number of hydrogen-bond acceptors (Lipinski definition) is 4. The average molecular weight is 575 g/mol. The summed E-state index contributed by atoms with van der Waals surface area (Å²) in [6, 6.07) is 28.8. The molecule has 1 amide bonds. The maximum atomic E-state index is 13.7. The van der Waals surface area contributed by atoms with E-state index in [0.717, 1.165) is 30.4 Å². The van der Waals surface area contributed by atoms with Gasteiger partial charge in [-0.15, -0.1) is 0 Å². The summed E-state index contributed by atoms with van der Waals surface area (Å²) in [5.74, 6) is 0.277. The van der Waals surface area contributed by atoms with Crippen molar-refractivity contribution in [3.63, 3.8) is 0 Å². The fourth-order valence-corrected chi connectivity index (χ4v) is 6.48. The van der Waals surface area contributed by atoms with E-state index >= 15 is 0 Å². The van der Waals surface area contributed by atoms with Crippen LogP contribution >= 0.6 is 11.6 Å². The molecule has 0 saturated heterocycles. The topological polar surface area (TPSA) is 75.7 Å². The highest BCUT2D eigenvalue weighted by Crippen LogP contribution is 2.30. The summed E-state index contributed by atoms with van der Waals surface area (Å²) in [6.07, 6.45) is 2.96. The summed E-state index contributed by atoms with van der Waals surface area (Å²) < 4.78 is 34.5. The third-order valence-electron chi connectivity index (χ3n) is 7.05. The first kappa shape index (κ1) is 27.7. The van der Waals surface area contributed by atoms with Crippen molar-refractivity contribution in [2.45, 2.75) is 43.7 Å². The molecule has 5 rings (SSSR count). The van der Waals surface area contributed by atoms with Gasteiger partial charge in [0, 0.05) is 5.02 Å². The third kappa shape index (κ3) is 6.49. The molecule has 1 atom stereocenters. The van der Waals surface area contributed by atoms with Crippen molar-refractivity contribution < 1.29 is 17.9 Å². The number of nitrogens with zero attached hydrogens (tertiary/aromatic N) is 1. The molecule has 0 bridgehead atoms. The Bertz CT molecular complexity index is 1570. The van der Waals surface area contributed by atoms with Crippen LogP contribution in [0.1, 0.15) is 41.1 Å². The van der Waals surface area contributed by atoms with Gasteiger partial charge >= 0.3 is 0 Å². The van der Waals surface area contributed by atoms with E-state index in [1.54, 1.807) is 72.8 Å². The Kier molecular flexibility index (Phi) is 8.43. The maximum absolute atomic E-state index is 13.7. The van der Waals surface area contributed by atoms with Crippen LogP contribution in [0.2, 0.25) is 5.02 Å². The number of sulfonamides is 1. The normalized spacial score (nSPS) is 14.7. The number of nitrogens with one attached hydrogen (secondary N) is 1. The van der Waals surface area contributed by atoms with Crippen LogP contribution in [0.25, 0.3) is 0 Å². The number of aryl methyl sites for hydroxylation is 2. The van der Waals surface area contributed by atoms with Crippen LogP contribution in [0.4, 0.5) is 5.69 Å². The molecular weight excluding hydrogens is 544 g/mol. The van der Waals surface area contributed by atoms with Crippen LogP contribution < -0.4 is 14.4 Å². The van der Waals surface area contributed by atoms with Crippen molar-refractivity contribution in [1.82, 2.24) is 5.32 Å². The number of benzene rings is 4. The van der Waals surface area contributed by atoms with Crippen molar-refractivity contribution in [3.8, 4) is 5.75 Å². The van der Waals surface area contributed by atoms with Crippen LogP contribution in [0, 0.1) is 6.92 Å². The highest BCUT2D eigenvalue weighted by atomic mass is 35.5. The molecular formula is C32H31ClN2O4S. The van der Waals surface area contributed by atoms with Crippen LogP contribution in [0.5, 0.6) is 5.75 Å². The molecule has 0 aromatic heterocycles. The molecule has 4 aromatic carbocycles. The molecule has 0 heterocycles. The zero-order chi connectivity index (χ0) is 28.1. The van der Waals surface area contributed by atoms with Gasteiger partial charge in [-0.05, 0) is 91.4 Å². The van der Waals surface area contributed by atoms with Gasteiger partial charge in [0.05, 0.1) is 23.2 Å². The predicted molar refractivity (Wildman–Crippen MR) is 158 cm³/mol. The fourth-order valence-electron chi connectivity index (χ4n) is 4.91. The molecule has 6 nitrogen and oxygen atoms in total. The second-order valence-electron chi connectivity index (χ2n) is 9.94. The van der Waals surface area contributed by atoms with Crippen LogP contribution in [-0.2, 0) is 27.8 Å². The summed E-state index contributed by atoms with van der Waals surface area (Å²) in [4.78, 5) is 12.9. The van der Waals surface area contributed by atoms with Gasteiger partial charge in [-0.25, -0.2) is 8.42 Å². The lowest BCUT2D eigenvalue weighted by molar-refractivity contribution is -0.123. The number of rotatable bonds is 9. The molecule has 0 fully saturated rings. The maximum Gasteiger partial charge on any atom is 0.264 e. The first-order valence-corrected chi connectivity index (χ1v) is 15.1. The van der Waals surface area contributed by atoms with Crippen LogP contribution in [-0.4, -0.2) is 20.9 Å². The SMILES string of the molecule is Cc1ccc(S(=O)(=O)N(Cc2ccc(Cl)cc2)c2ccc(OCC(=O)N[C@H]3CCCc4ccccc43)cc2)cc1. The number of carbonyl (C=O) groups is 1. The fraction of sp³-hybridized carbons (Fsp3) is 0.219. The Morgan fingerprint density at radius 3 is 2.38 bits per heavy atom. The Balaban J connectivity index is 1.30. The summed E-state index contributed by atoms with van der Waals surface area (Å²) in [7, 11) is -3.86. The summed E-state index contributed by atoms with van der Waals surface area (Å²) in [6.45, 7) is 1.90. The molecule has 1 aliphatic rings. The van der Waals surface area contributed by atoms with Gasteiger partial charge in [-0.2, -0.15) is 0 Å².